The summed E-state index contributed by atoms with van der Waals surface area (Å²) in [6, 6.07) is 14.2. The van der Waals surface area contributed by atoms with E-state index in [1.165, 1.54) is 5.56 Å². The Bertz CT molecular complexity index is 1140. The molecule has 6 heteroatoms. The highest BCUT2D eigenvalue weighted by molar-refractivity contribution is 6.07. The standard InChI is InChI=1S/C27H30N2O4/c1-31-21-7-8-24-23(16-21)22(10-11-28-24)25(30)14-18-2-5-20(6-3-18)29-17-19-4-9-26-27(15-19)33-13-12-32-26/h4,7-11,15-16,18,20,29H,2-3,5-6,12-14,17H2,1H3/t18-,20-. The maximum atomic E-state index is 13.1. The van der Waals surface area contributed by atoms with Gasteiger partial charge in [0.05, 0.1) is 12.6 Å². The van der Waals surface area contributed by atoms with Crippen molar-refractivity contribution in [2.24, 2.45) is 5.92 Å². The van der Waals surface area contributed by atoms with Gasteiger partial charge in [-0.05, 0) is 73.6 Å². The third-order valence-corrected chi connectivity index (χ3v) is 6.77. The van der Waals surface area contributed by atoms with Crippen LogP contribution in [0.4, 0.5) is 0 Å². The van der Waals surface area contributed by atoms with Crippen molar-refractivity contribution in [1.29, 1.82) is 0 Å². The zero-order chi connectivity index (χ0) is 22.6. The number of ketones is 1. The molecule has 0 saturated heterocycles. The largest absolute Gasteiger partial charge is 0.497 e. The predicted molar refractivity (Wildman–Crippen MR) is 127 cm³/mol. The number of aromatic nitrogens is 1. The number of benzene rings is 2. The Hall–Kier alpha value is -3.12. The molecule has 5 rings (SSSR count). The highest BCUT2D eigenvalue weighted by atomic mass is 16.6. The van der Waals surface area contributed by atoms with Crippen LogP contribution in [0.3, 0.4) is 0 Å². The van der Waals surface area contributed by atoms with Crippen molar-refractivity contribution in [3.05, 3.63) is 59.8 Å². The van der Waals surface area contributed by atoms with Crippen LogP contribution in [0.15, 0.2) is 48.7 Å². The van der Waals surface area contributed by atoms with Crippen LogP contribution in [0.5, 0.6) is 17.2 Å². The first-order valence-electron chi connectivity index (χ1n) is 11.8. The molecule has 0 spiro atoms. The number of carbonyl (C=O) groups excluding carboxylic acids is 1. The summed E-state index contributed by atoms with van der Waals surface area (Å²) in [5.41, 5.74) is 2.78. The number of Topliss-reactive ketones (excluding diaryl/α,β-unsaturated/α-hetero) is 1. The van der Waals surface area contributed by atoms with Crippen molar-refractivity contribution in [1.82, 2.24) is 10.3 Å². The molecular formula is C27H30N2O4. The Morgan fingerprint density at radius 1 is 1.03 bits per heavy atom. The summed E-state index contributed by atoms with van der Waals surface area (Å²) in [6.45, 7) is 2.03. The monoisotopic (exact) mass is 446 g/mol. The summed E-state index contributed by atoms with van der Waals surface area (Å²) in [5, 5.41) is 4.56. The smallest absolute Gasteiger partial charge is 0.163 e. The molecule has 2 heterocycles. The average Bonchev–Trinajstić information content (AvgIpc) is 2.87. The van der Waals surface area contributed by atoms with Gasteiger partial charge in [0, 0.05) is 36.2 Å². The van der Waals surface area contributed by atoms with Crippen molar-refractivity contribution >= 4 is 16.7 Å². The van der Waals surface area contributed by atoms with Gasteiger partial charge >= 0.3 is 0 Å². The molecule has 0 bridgehead atoms. The topological polar surface area (TPSA) is 69.7 Å². The summed E-state index contributed by atoms with van der Waals surface area (Å²) in [4.78, 5) is 17.5. The van der Waals surface area contributed by atoms with Crippen LogP contribution >= 0.6 is 0 Å². The predicted octanol–water partition coefficient (Wildman–Crippen LogP) is 4.94. The van der Waals surface area contributed by atoms with Crippen LogP contribution in [-0.4, -0.2) is 37.1 Å². The van der Waals surface area contributed by atoms with Gasteiger partial charge in [0.25, 0.3) is 0 Å². The van der Waals surface area contributed by atoms with E-state index in [0.29, 0.717) is 31.6 Å². The number of hydrogen-bond donors (Lipinski definition) is 1. The lowest BCUT2D eigenvalue weighted by Crippen LogP contribution is -2.33. The lowest BCUT2D eigenvalue weighted by molar-refractivity contribution is 0.0947. The van der Waals surface area contributed by atoms with E-state index in [2.05, 4.69) is 22.4 Å². The molecule has 0 amide bonds. The summed E-state index contributed by atoms with van der Waals surface area (Å²) >= 11 is 0. The molecule has 2 aliphatic rings. The Morgan fingerprint density at radius 2 is 1.85 bits per heavy atom. The van der Waals surface area contributed by atoms with E-state index in [1.54, 1.807) is 13.3 Å². The molecule has 0 atom stereocenters. The first-order chi connectivity index (χ1) is 16.2. The third-order valence-electron chi connectivity index (χ3n) is 6.77. The average molecular weight is 447 g/mol. The normalized spacial score (nSPS) is 19.9. The number of ether oxygens (including phenoxy) is 3. The zero-order valence-corrected chi connectivity index (χ0v) is 19.0. The van der Waals surface area contributed by atoms with Gasteiger partial charge in [-0.15, -0.1) is 0 Å². The van der Waals surface area contributed by atoms with Gasteiger partial charge in [-0.1, -0.05) is 6.07 Å². The minimum absolute atomic E-state index is 0.198. The third kappa shape index (κ3) is 4.96. The zero-order valence-electron chi connectivity index (χ0n) is 19.0. The molecule has 3 aromatic rings. The van der Waals surface area contributed by atoms with Gasteiger partial charge in [0.15, 0.2) is 17.3 Å². The van der Waals surface area contributed by atoms with E-state index in [9.17, 15) is 4.79 Å². The van der Waals surface area contributed by atoms with Gasteiger partial charge < -0.3 is 19.5 Å². The molecular weight excluding hydrogens is 416 g/mol. The van der Waals surface area contributed by atoms with Gasteiger partial charge in [0.2, 0.25) is 0 Å². The molecule has 172 valence electrons. The first kappa shape index (κ1) is 21.7. The lowest BCUT2D eigenvalue weighted by atomic mass is 9.82. The molecule has 0 radical (unpaired) electrons. The minimum Gasteiger partial charge on any atom is -0.497 e. The number of nitrogens with one attached hydrogen (secondary N) is 1. The van der Waals surface area contributed by atoms with Gasteiger partial charge in [0.1, 0.15) is 19.0 Å². The van der Waals surface area contributed by atoms with Crippen LogP contribution in [0.1, 0.15) is 48.0 Å². The SMILES string of the molecule is COc1ccc2nccc(C(=O)C[C@H]3CC[C@H](NCc4ccc5c(c4)OCCO5)CC3)c2c1. The quantitative estimate of drug-likeness (QED) is 0.519. The fourth-order valence-corrected chi connectivity index (χ4v) is 4.90. The van der Waals surface area contributed by atoms with Crippen LogP contribution in [0.2, 0.25) is 0 Å². The number of rotatable bonds is 7. The van der Waals surface area contributed by atoms with E-state index in [-0.39, 0.29) is 5.78 Å². The van der Waals surface area contributed by atoms with E-state index in [0.717, 1.165) is 65.9 Å². The van der Waals surface area contributed by atoms with E-state index in [4.69, 9.17) is 14.2 Å². The van der Waals surface area contributed by atoms with Gasteiger partial charge in [-0.25, -0.2) is 0 Å². The summed E-state index contributed by atoms with van der Waals surface area (Å²) in [5.74, 6) is 3.04. The van der Waals surface area contributed by atoms with E-state index in [1.807, 2.05) is 30.3 Å². The van der Waals surface area contributed by atoms with Crippen LogP contribution < -0.4 is 19.5 Å². The number of fused-ring (bicyclic) bond motifs is 2. The Balaban J connectivity index is 1.14. The van der Waals surface area contributed by atoms with E-state index >= 15 is 0 Å². The Labute approximate surface area is 194 Å². The van der Waals surface area contributed by atoms with Crippen LogP contribution in [0.25, 0.3) is 10.9 Å². The molecule has 33 heavy (non-hydrogen) atoms. The first-order valence-corrected chi connectivity index (χ1v) is 11.8. The maximum absolute atomic E-state index is 13.1. The number of pyridine rings is 1. The van der Waals surface area contributed by atoms with Crippen LogP contribution in [-0.2, 0) is 6.54 Å². The minimum atomic E-state index is 0.198. The molecule has 1 aliphatic heterocycles. The van der Waals surface area contributed by atoms with Crippen molar-refractivity contribution in [2.75, 3.05) is 20.3 Å². The van der Waals surface area contributed by atoms with E-state index < -0.39 is 0 Å². The Morgan fingerprint density at radius 3 is 2.67 bits per heavy atom. The highest BCUT2D eigenvalue weighted by Gasteiger charge is 2.24. The van der Waals surface area contributed by atoms with Crippen molar-refractivity contribution in [2.45, 2.75) is 44.7 Å². The maximum Gasteiger partial charge on any atom is 0.163 e. The summed E-state index contributed by atoms with van der Waals surface area (Å²) < 4.78 is 16.6. The Kier molecular flexibility index (Phi) is 6.44. The molecule has 1 aromatic heterocycles. The van der Waals surface area contributed by atoms with Crippen molar-refractivity contribution in [3.8, 4) is 17.2 Å². The second kappa shape index (κ2) is 9.79. The lowest BCUT2D eigenvalue weighted by Gasteiger charge is -2.29. The fraction of sp³-hybridized carbons (Fsp3) is 0.407. The summed E-state index contributed by atoms with van der Waals surface area (Å²) in [6.07, 6.45) is 6.63. The molecule has 0 unspecified atom stereocenters. The van der Waals surface area contributed by atoms with Crippen LogP contribution in [0, 0.1) is 5.92 Å². The summed E-state index contributed by atoms with van der Waals surface area (Å²) in [7, 11) is 1.64. The van der Waals surface area contributed by atoms with Gasteiger partial charge in [-0.2, -0.15) is 0 Å². The fourth-order valence-electron chi connectivity index (χ4n) is 4.90. The number of nitrogens with zero attached hydrogens (tertiary/aromatic N) is 1. The number of methoxy groups -OCH3 is 1. The second-order valence-corrected chi connectivity index (χ2v) is 8.95. The molecule has 1 N–H and O–H groups in total. The molecule has 1 saturated carbocycles. The second-order valence-electron chi connectivity index (χ2n) is 8.95. The molecule has 1 fully saturated rings. The highest BCUT2D eigenvalue weighted by Crippen LogP contribution is 2.32. The molecule has 6 nitrogen and oxygen atoms in total. The van der Waals surface area contributed by atoms with Crippen molar-refractivity contribution < 1.29 is 19.0 Å². The molecule has 2 aromatic carbocycles. The number of carbonyl (C=O) groups is 1. The number of hydrogen-bond acceptors (Lipinski definition) is 6. The van der Waals surface area contributed by atoms with Crippen molar-refractivity contribution in [3.63, 3.8) is 0 Å². The molecule has 1 aliphatic carbocycles. The van der Waals surface area contributed by atoms with Gasteiger partial charge in [-0.3, -0.25) is 9.78 Å².